The van der Waals surface area contributed by atoms with E-state index in [1.165, 1.54) is 33.8 Å². The quantitative estimate of drug-likeness (QED) is 0.160. The average molecular weight is 853 g/mol. The molecule has 17 heteroatoms. The summed E-state index contributed by atoms with van der Waals surface area (Å²) in [7, 11) is 3.15. The Morgan fingerprint density at radius 3 is 2.36 bits per heavy atom. The minimum atomic E-state index is -4.84. The third kappa shape index (κ3) is 8.17. The first-order valence-corrected chi connectivity index (χ1v) is 19.8. The molecule has 2 unspecified atom stereocenters. The Morgan fingerprint density at radius 1 is 1.08 bits per heavy atom. The summed E-state index contributed by atoms with van der Waals surface area (Å²) in [4.78, 5) is 44.5. The zero-order valence-corrected chi connectivity index (χ0v) is 33.5. The van der Waals surface area contributed by atoms with Crippen molar-refractivity contribution in [1.82, 2.24) is 24.1 Å². The monoisotopic (exact) mass is 854 g/mol. The molecule has 0 N–H and O–H groups in total. The van der Waals surface area contributed by atoms with Crippen LogP contribution in [-0.2, 0) is 25.8 Å². The van der Waals surface area contributed by atoms with Gasteiger partial charge in [0.25, 0.3) is 5.92 Å². The molecular weight excluding hydrogens is 810 g/mol. The Morgan fingerprint density at radius 2 is 1.77 bits per heavy atom. The van der Waals surface area contributed by atoms with Crippen molar-refractivity contribution < 1.29 is 44.1 Å². The number of aromatic nitrogens is 3. The second-order valence-electron chi connectivity index (χ2n) is 14.9. The Bertz CT molecular complexity index is 1930. The summed E-state index contributed by atoms with van der Waals surface area (Å²) in [6.45, 7) is 9.21. The Kier molecular flexibility index (Phi) is 11.3. The molecule has 6 rings (SSSR count). The van der Waals surface area contributed by atoms with Crippen LogP contribution in [0.15, 0.2) is 36.7 Å². The number of fused-ring (bicyclic) bond motifs is 3. The number of benzene rings is 1. The van der Waals surface area contributed by atoms with Crippen LogP contribution in [0.25, 0.3) is 11.1 Å². The zero-order chi connectivity index (χ0) is 39.3. The van der Waals surface area contributed by atoms with Crippen molar-refractivity contribution in [3.63, 3.8) is 0 Å². The van der Waals surface area contributed by atoms with Crippen LogP contribution in [0.2, 0.25) is 0 Å². The topological polar surface area (TPSA) is 115 Å². The van der Waals surface area contributed by atoms with Crippen LogP contribution in [0.1, 0.15) is 80.1 Å². The van der Waals surface area contributed by atoms with Gasteiger partial charge in [0.2, 0.25) is 0 Å². The number of hydrogen-bond donors (Lipinski definition) is 0. The molecule has 3 aromatic rings. The maximum Gasteiger partial charge on any atom is 0.434 e. The number of quaternary nitrogens is 1. The second kappa shape index (κ2) is 14.8. The number of amides is 2. The van der Waals surface area contributed by atoms with Crippen molar-refractivity contribution in [2.45, 2.75) is 96.6 Å². The molecule has 285 valence electrons. The van der Waals surface area contributed by atoms with Gasteiger partial charge >= 0.3 is 117 Å². The normalized spacial score (nSPS) is 22.6. The van der Waals surface area contributed by atoms with E-state index in [0.29, 0.717) is 18.7 Å². The average Bonchev–Trinajstić information content (AvgIpc) is 3.69. The number of nitrogens with zero attached hydrogens (tertiary/aromatic N) is 6. The molecule has 5 heterocycles. The largest absolute Gasteiger partial charge is 0.434 e. The van der Waals surface area contributed by atoms with Crippen LogP contribution in [-0.4, -0.2) is 100 Å². The van der Waals surface area contributed by atoms with Crippen LogP contribution < -0.4 is 9.38 Å². The molecule has 1 radical (unpaired) electrons. The van der Waals surface area contributed by atoms with Gasteiger partial charge < -0.3 is 4.90 Å². The molecule has 3 aliphatic rings. The third-order valence-electron chi connectivity index (χ3n) is 9.80. The van der Waals surface area contributed by atoms with Gasteiger partial charge in [0.1, 0.15) is 11.3 Å². The van der Waals surface area contributed by atoms with E-state index < -0.39 is 86.1 Å². The van der Waals surface area contributed by atoms with E-state index >= 15 is 0 Å². The van der Waals surface area contributed by atoms with Crippen molar-refractivity contribution >= 4 is 48.4 Å². The van der Waals surface area contributed by atoms with Gasteiger partial charge in [-0.05, 0) is 37.5 Å². The smallest absolute Gasteiger partial charge is 0.305 e. The fourth-order valence-corrected chi connectivity index (χ4v) is 8.57. The summed E-state index contributed by atoms with van der Waals surface area (Å²) < 4.78 is 89.5. The van der Waals surface area contributed by atoms with Gasteiger partial charge in [-0.15, -0.1) is 0 Å². The maximum atomic E-state index is 15.0. The first-order valence-electron chi connectivity index (χ1n) is 17.2. The van der Waals surface area contributed by atoms with Gasteiger partial charge in [-0.3, -0.25) is 4.68 Å². The molecule has 0 saturated carbocycles. The number of halogens is 5. The molecule has 3 aliphatic heterocycles. The van der Waals surface area contributed by atoms with E-state index in [-0.39, 0.29) is 44.8 Å². The third-order valence-corrected chi connectivity index (χ3v) is 11.3. The number of likely N-dealkylation sites (tertiary alicyclic amines) is 1. The fraction of sp³-hybridized carbons (Fsp3) is 0.528. The first-order chi connectivity index (χ1) is 24.6. The minimum Gasteiger partial charge on any atom is -0.305 e. The molecule has 1 aromatic carbocycles. The fourth-order valence-electron chi connectivity index (χ4n) is 7.33. The van der Waals surface area contributed by atoms with Crippen molar-refractivity contribution in [2.75, 3.05) is 25.0 Å². The summed E-state index contributed by atoms with van der Waals surface area (Å²) >= 11 is -2.20. The van der Waals surface area contributed by atoms with Gasteiger partial charge in [0, 0.05) is 43.4 Å². The van der Waals surface area contributed by atoms with Crippen LogP contribution in [0.3, 0.4) is 0 Å². The summed E-state index contributed by atoms with van der Waals surface area (Å²) in [5.41, 5.74) is -0.354. The van der Waals surface area contributed by atoms with E-state index in [2.05, 4.69) is 10.1 Å². The molecule has 2 aromatic heterocycles. The summed E-state index contributed by atoms with van der Waals surface area (Å²) in [5, 5.41) is 4.01. The molecule has 2 amide bonds. The van der Waals surface area contributed by atoms with Crippen LogP contribution >= 0.6 is 0 Å². The van der Waals surface area contributed by atoms with Crippen molar-refractivity contribution in [3.8, 4) is 11.1 Å². The van der Waals surface area contributed by atoms with Crippen LogP contribution in [0.4, 0.5) is 38.3 Å². The first kappa shape index (κ1) is 40.4. The van der Waals surface area contributed by atoms with Crippen molar-refractivity contribution in [1.29, 1.82) is 0 Å². The van der Waals surface area contributed by atoms with E-state index in [1.807, 2.05) is 13.0 Å². The van der Waals surface area contributed by atoms with Gasteiger partial charge in [-0.1, -0.05) is 12.1 Å². The Hall–Kier alpha value is -3.80. The molecule has 0 bridgehead atoms. The van der Waals surface area contributed by atoms with E-state index in [1.54, 1.807) is 53.1 Å². The number of carbonyl (C=O) groups is 3. The van der Waals surface area contributed by atoms with Crippen LogP contribution in [0, 0.1) is 13.8 Å². The molecule has 2 saturated heterocycles. The van der Waals surface area contributed by atoms with Gasteiger partial charge in [-0.2, -0.15) is 18.3 Å². The van der Waals surface area contributed by atoms with E-state index in [0.717, 1.165) is 12.0 Å². The van der Waals surface area contributed by atoms with Crippen molar-refractivity contribution in [2.24, 2.45) is 7.05 Å². The van der Waals surface area contributed by atoms with Gasteiger partial charge in [0.15, 0.2) is 17.7 Å². The number of pyridine rings is 1. The predicted molar refractivity (Wildman–Crippen MR) is 187 cm³/mol. The maximum absolute atomic E-state index is 15.0. The summed E-state index contributed by atoms with van der Waals surface area (Å²) in [6.07, 6.45) is -3.39. The van der Waals surface area contributed by atoms with Crippen molar-refractivity contribution in [3.05, 3.63) is 59.0 Å². The molecule has 0 aliphatic carbocycles. The second-order valence-corrected chi connectivity index (χ2v) is 16.9. The summed E-state index contributed by atoms with van der Waals surface area (Å²) in [6, 6.07) is 6.54. The zero-order valence-electron chi connectivity index (χ0n) is 30.7. The number of anilines is 1. The summed E-state index contributed by atoms with van der Waals surface area (Å²) in [5.74, 6) is -3.84. The number of ether oxygens (including phenoxy) is 1. The number of hydrogen-bond acceptors (Lipinski definition) is 8. The van der Waals surface area contributed by atoms with Gasteiger partial charge in [-0.25, -0.2) is 23.0 Å². The van der Waals surface area contributed by atoms with Crippen LogP contribution in [0.5, 0.6) is 0 Å². The van der Waals surface area contributed by atoms with Gasteiger partial charge in [0.05, 0.1) is 19.7 Å². The number of alkyl halides is 5. The Labute approximate surface area is 314 Å². The molecule has 0 spiro atoms. The molecule has 3 atom stereocenters. The molecule has 2 fully saturated rings. The SMILES string of the molecule is CC(C)(C)OC(=O)N1CCC[C@H]1[C](=O)[Sn]=[O].Cc1cccc([N+]2(C)C(=O)c3c(nc(C(F)(F)F)c(-c4cnn(C)c4)c3C)N3CCCC(F)(F)CC32)c1. The number of rotatable bonds is 4. The van der Waals surface area contributed by atoms with E-state index in [9.17, 15) is 39.4 Å². The molecule has 53 heavy (non-hydrogen) atoms. The minimum absolute atomic E-state index is 0.0114. The number of carbonyl (C=O) groups excluding carboxylic acids is 3. The van der Waals surface area contributed by atoms with E-state index in [4.69, 9.17) is 4.74 Å². The number of aryl methyl sites for hydroxylation is 2. The standard InChI is InChI=1S/C26H27F5N5O.C10H16NO3.O.Sn/c1-15-7-5-8-18(11-15)36(4)19-12-25(27,28)9-6-10-35(19)23-21(24(36)37)16(2)20(17-13-32-34(3)14-17)22(33-23)26(29,30)31;1-10(2,3)14-9(13)11-6-4-5-8(11)7-12;;/h5,7-8,11,13-14,19H,6,9-10,12H2,1-4H3;8H,4-6H2,1-3H3;;/q+1;;;/t;8-;;/m.0../s1. The Balaban J connectivity index is 0.000000285. The molecular formula is C36H43F5N6O5Sn+. The predicted octanol–water partition coefficient (Wildman–Crippen LogP) is 6.82. The molecule has 11 nitrogen and oxygen atoms in total.